The largest absolute Gasteiger partial charge is 0.347 e. The Balaban J connectivity index is 1.67. The average molecular weight is 505 g/mol. The van der Waals surface area contributed by atoms with Crippen LogP contribution >= 0.6 is 0 Å². The first-order valence-electron chi connectivity index (χ1n) is 11.0. The number of nitrogens with zero attached hydrogens (tertiary/aromatic N) is 1. The van der Waals surface area contributed by atoms with Crippen LogP contribution in [0.5, 0.6) is 0 Å². The number of anilines is 2. The highest BCUT2D eigenvalue weighted by molar-refractivity contribution is 7.91. The summed E-state index contributed by atoms with van der Waals surface area (Å²) >= 11 is 0. The lowest BCUT2D eigenvalue weighted by atomic mass is 9.85. The van der Waals surface area contributed by atoms with Crippen molar-refractivity contribution in [2.24, 2.45) is 0 Å². The Morgan fingerprint density at radius 3 is 2.29 bits per heavy atom. The van der Waals surface area contributed by atoms with Gasteiger partial charge in [0.25, 0.3) is 5.91 Å². The van der Waals surface area contributed by atoms with Gasteiger partial charge in [0, 0.05) is 17.4 Å². The van der Waals surface area contributed by atoms with Crippen LogP contribution in [0.3, 0.4) is 0 Å². The molecule has 2 amide bonds. The first kappa shape index (κ1) is 24.4. The summed E-state index contributed by atoms with van der Waals surface area (Å²) in [7, 11) is -6.51. The predicted octanol–water partition coefficient (Wildman–Crippen LogP) is 2.74. The van der Waals surface area contributed by atoms with Gasteiger partial charge >= 0.3 is 0 Å². The third-order valence-electron chi connectivity index (χ3n) is 6.76. The summed E-state index contributed by atoms with van der Waals surface area (Å²) in [6, 6.07) is 11.2. The molecule has 0 aromatic heterocycles. The smallest absolute Gasteiger partial charge is 0.251 e. The number of carbonyl (C=O) groups is 2. The second kappa shape index (κ2) is 7.91. The Labute approximate surface area is 200 Å². The Hall–Kier alpha value is -2.72. The van der Waals surface area contributed by atoms with E-state index in [0.29, 0.717) is 35.3 Å². The van der Waals surface area contributed by atoms with Crippen molar-refractivity contribution in [2.45, 2.75) is 49.5 Å². The van der Waals surface area contributed by atoms with E-state index in [1.807, 2.05) is 6.92 Å². The van der Waals surface area contributed by atoms with Crippen molar-refractivity contribution >= 4 is 42.9 Å². The average Bonchev–Trinajstić information content (AvgIpc) is 2.95. The lowest BCUT2D eigenvalue weighted by Crippen LogP contribution is -2.50. The number of sulfone groups is 2. The first-order chi connectivity index (χ1) is 15.6. The minimum absolute atomic E-state index is 0.0387. The van der Waals surface area contributed by atoms with Gasteiger partial charge in [-0.25, -0.2) is 16.8 Å². The molecule has 1 N–H and O–H groups in total. The van der Waals surface area contributed by atoms with E-state index < -0.39 is 30.6 Å². The first-order valence-corrected chi connectivity index (χ1v) is 14.7. The number of hydrogen-bond acceptors (Lipinski definition) is 6. The SMILES string of the molecule is CC1(NC(=O)c2ccc3c(c2)C(C)(C)C(=O)N3c2cccc(S(C)(=O)=O)c2)CCS(=O)(=O)CC1. The Kier molecular flexibility index (Phi) is 5.68. The second-order valence-corrected chi connectivity index (χ2v) is 14.3. The summed E-state index contributed by atoms with van der Waals surface area (Å²) in [6.45, 7) is 5.38. The maximum absolute atomic E-state index is 13.4. The number of benzene rings is 2. The third kappa shape index (κ3) is 4.36. The number of carbonyl (C=O) groups excluding carboxylic acids is 2. The topological polar surface area (TPSA) is 118 Å². The molecule has 1 fully saturated rings. The molecule has 2 aliphatic rings. The van der Waals surface area contributed by atoms with Gasteiger partial charge < -0.3 is 5.32 Å². The van der Waals surface area contributed by atoms with Crippen LogP contribution in [0.4, 0.5) is 11.4 Å². The van der Waals surface area contributed by atoms with E-state index >= 15 is 0 Å². The fourth-order valence-corrected chi connectivity index (χ4v) is 6.83. The van der Waals surface area contributed by atoms with Gasteiger partial charge in [-0.3, -0.25) is 14.5 Å². The zero-order chi connectivity index (χ0) is 25.1. The number of amides is 2. The van der Waals surface area contributed by atoms with Gasteiger partial charge in [0.2, 0.25) is 5.91 Å². The van der Waals surface area contributed by atoms with Gasteiger partial charge in [-0.2, -0.15) is 0 Å². The van der Waals surface area contributed by atoms with Gasteiger partial charge in [-0.15, -0.1) is 0 Å². The number of hydrogen-bond donors (Lipinski definition) is 1. The van der Waals surface area contributed by atoms with Crippen molar-refractivity contribution in [2.75, 3.05) is 22.7 Å². The molecule has 0 bridgehead atoms. The molecule has 2 heterocycles. The highest BCUT2D eigenvalue weighted by atomic mass is 32.2. The lowest BCUT2D eigenvalue weighted by molar-refractivity contribution is -0.121. The third-order valence-corrected chi connectivity index (χ3v) is 9.52. The fraction of sp³-hybridized carbons (Fsp3) is 0.417. The normalized spacial score (nSPS) is 20.6. The molecule has 4 rings (SSSR count). The molecule has 0 aliphatic carbocycles. The van der Waals surface area contributed by atoms with E-state index in [9.17, 15) is 26.4 Å². The van der Waals surface area contributed by atoms with Crippen molar-refractivity contribution in [3.63, 3.8) is 0 Å². The zero-order valence-corrected chi connectivity index (χ0v) is 21.2. The molecule has 1 saturated heterocycles. The molecule has 2 aromatic rings. The summed E-state index contributed by atoms with van der Waals surface area (Å²) in [5.74, 6) is -0.478. The van der Waals surface area contributed by atoms with E-state index in [2.05, 4.69) is 5.32 Å². The van der Waals surface area contributed by atoms with Crippen LogP contribution in [0.15, 0.2) is 47.4 Å². The van der Waals surface area contributed by atoms with Gasteiger partial charge in [0.15, 0.2) is 9.84 Å². The van der Waals surface area contributed by atoms with E-state index in [1.54, 1.807) is 44.2 Å². The Morgan fingerprint density at radius 2 is 1.68 bits per heavy atom. The van der Waals surface area contributed by atoms with Gasteiger partial charge in [-0.05, 0) is 75.6 Å². The molecule has 8 nitrogen and oxygen atoms in total. The van der Waals surface area contributed by atoms with E-state index in [0.717, 1.165) is 6.26 Å². The molecule has 0 atom stereocenters. The van der Waals surface area contributed by atoms with Crippen LogP contribution in [-0.2, 0) is 29.9 Å². The summed E-state index contributed by atoms with van der Waals surface area (Å²) in [4.78, 5) is 28.0. The van der Waals surface area contributed by atoms with Crippen LogP contribution < -0.4 is 10.2 Å². The van der Waals surface area contributed by atoms with Crippen LogP contribution in [-0.4, -0.2) is 52.0 Å². The molecular formula is C24H28N2O6S2. The lowest BCUT2D eigenvalue weighted by Gasteiger charge is -2.34. The summed E-state index contributed by atoms with van der Waals surface area (Å²) in [6.07, 6.45) is 1.81. The molecule has 0 saturated carbocycles. The van der Waals surface area contributed by atoms with E-state index in [-0.39, 0.29) is 28.2 Å². The molecule has 0 spiro atoms. The van der Waals surface area contributed by atoms with Crippen LogP contribution in [0.25, 0.3) is 0 Å². The quantitative estimate of drug-likeness (QED) is 0.684. The van der Waals surface area contributed by atoms with Gasteiger partial charge in [0.1, 0.15) is 9.84 Å². The van der Waals surface area contributed by atoms with E-state index in [4.69, 9.17) is 0 Å². The number of nitrogens with one attached hydrogen (secondary N) is 1. The highest BCUT2D eigenvalue weighted by Gasteiger charge is 2.45. The molecule has 34 heavy (non-hydrogen) atoms. The van der Waals surface area contributed by atoms with Crippen molar-refractivity contribution in [3.8, 4) is 0 Å². The minimum atomic E-state index is -3.45. The molecule has 0 radical (unpaired) electrons. The Morgan fingerprint density at radius 1 is 1.03 bits per heavy atom. The van der Waals surface area contributed by atoms with Crippen LogP contribution in [0, 0.1) is 0 Å². The van der Waals surface area contributed by atoms with E-state index in [1.165, 1.54) is 17.0 Å². The van der Waals surface area contributed by atoms with Crippen LogP contribution in [0.1, 0.15) is 49.5 Å². The number of fused-ring (bicyclic) bond motifs is 1. The maximum atomic E-state index is 13.4. The second-order valence-electron chi connectivity index (χ2n) is 9.93. The Bertz CT molecular complexity index is 1400. The van der Waals surface area contributed by atoms with Crippen LogP contribution in [0.2, 0.25) is 0 Å². The predicted molar refractivity (Wildman–Crippen MR) is 130 cm³/mol. The number of rotatable bonds is 4. The van der Waals surface area contributed by atoms with Crippen molar-refractivity contribution in [3.05, 3.63) is 53.6 Å². The molecule has 2 aliphatic heterocycles. The molecule has 0 unspecified atom stereocenters. The van der Waals surface area contributed by atoms with Crippen molar-refractivity contribution < 1.29 is 26.4 Å². The molecule has 182 valence electrons. The fourth-order valence-electron chi connectivity index (χ4n) is 4.45. The maximum Gasteiger partial charge on any atom is 0.251 e. The summed E-state index contributed by atoms with van der Waals surface area (Å²) < 4.78 is 47.6. The minimum Gasteiger partial charge on any atom is -0.347 e. The van der Waals surface area contributed by atoms with Gasteiger partial charge in [0.05, 0.1) is 33.2 Å². The molecule has 10 heteroatoms. The van der Waals surface area contributed by atoms with Crippen molar-refractivity contribution in [1.82, 2.24) is 5.32 Å². The molecule has 2 aromatic carbocycles. The monoisotopic (exact) mass is 504 g/mol. The van der Waals surface area contributed by atoms with Crippen molar-refractivity contribution in [1.29, 1.82) is 0 Å². The zero-order valence-electron chi connectivity index (χ0n) is 19.6. The summed E-state index contributed by atoms with van der Waals surface area (Å²) in [5, 5.41) is 2.98. The molecular weight excluding hydrogens is 476 g/mol. The summed E-state index contributed by atoms with van der Waals surface area (Å²) in [5.41, 5.74) is 0.507. The standard InChI is InChI=1S/C24H28N2O6S2/c1-23(2)19-14-16(21(27)25-24(3)10-12-34(31,32)13-11-24)8-9-20(19)26(22(23)28)17-6-5-7-18(15-17)33(4,29)30/h5-9,14-15H,10-13H2,1-4H3,(H,25,27). The van der Waals surface area contributed by atoms with Gasteiger partial charge in [-0.1, -0.05) is 6.07 Å². The highest BCUT2D eigenvalue weighted by Crippen LogP contribution is 2.46.